The van der Waals surface area contributed by atoms with Crippen LogP contribution in [-0.4, -0.2) is 32.7 Å². The second-order valence-corrected chi connectivity index (χ2v) is 5.54. The maximum atomic E-state index is 12.3. The van der Waals surface area contributed by atoms with E-state index in [2.05, 4.69) is 24.1 Å². The van der Waals surface area contributed by atoms with Crippen LogP contribution in [0, 0.1) is 0 Å². The van der Waals surface area contributed by atoms with Gasteiger partial charge in [-0.15, -0.1) is 0 Å². The van der Waals surface area contributed by atoms with E-state index < -0.39 is 0 Å². The molecule has 0 spiro atoms. The zero-order valence-electron chi connectivity index (χ0n) is 14.7. The SMILES string of the molecule is CCN(CC)c1ccc(C(=O)NCCc2ccccc2OC)cc1. The molecule has 2 rings (SSSR count). The van der Waals surface area contributed by atoms with Crippen molar-refractivity contribution in [2.75, 3.05) is 31.6 Å². The van der Waals surface area contributed by atoms with Crippen molar-refractivity contribution >= 4 is 11.6 Å². The minimum Gasteiger partial charge on any atom is -0.496 e. The van der Waals surface area contributed by atoms with Crippen LogP contribution in [0.5, 0.6) is 5.75 Å². The van der Waals surface area contributed by atoms with Crippen molar-refractivity contribution in [3.63, 3.8) is 0 Å². The lowest BCUT2D eigenvalue weighted by Crippen LogP contribution is -2.26. The van der Waals surface area contributed by atoms with E-state index >= 15 is 0 Å². The van der Waals surface area contributed by atoms with Crippen LogP contribution in [0.3, 0.4) is 0 Å². The third-order valence-corrected chi connectivity index (χ3v) is 4.13. The lowest BCUT2D eigenvalue weighted by molar-refractivity contribution is 0.0954. The van der Waals surface area contributed by atoms with Gasteiger partial charge in [-0.1, -0.05) is 18.2 Å². The van der Waals surface area contributed by atoms with E-state index in [-0.39, 0.29) is 5.91 Å². The molecule has 0 bridgehead atoms. The summed E-state index contributed by atoms with van der Waals surface area (Å²) < 4.78 is 5.33. The molecular weight excluding hydrogens is 300 g/mol. The Morgan fingerprint density at radius 3 is 2.33 bits per heavy atom. The number of hydrogen-bond acceptors (Lipinski definition) is 3. The number of carbonyl (C=O) groups excluding carboxylic acids is 1. The predicted octanol–water partition coefficient (Wildman–Crippen LogP) is 3.51. The van der Waals surface area contributed by atoms with Crippen molar-refractivity contribution in [2.45, 2.75) is 20.3 Å². The number of methoxy groups -OCH3 is 1. The van der Waals surface area contributed by atoms with Crippen LogP contribution in [0.25, 0.3) is 0 Å². The molecule has 0 saturated heterocycles. The number of anilines is 1. The summed E-state index contributed by atoms with van der Waals surface area (Å²) in [5.41, 5.74) is 2.92. The van der Waals surface area contributed by atoms with E-state index in [4.69, 9.17) is 4.74 Å². The largest absolute Gasteiger partial charge is 0.496 e. The summed E-state index contributed by atoms with van der Waals surface area (Å²) in [5, 5.41) is 2.97. The number of carbonyl (C=O) groups is 1. The van der Waals surface area contributed by atoms with E-state index in [1.165, 1.54) is 0 Å². The van der Waals surface area contributed by atoms with Crippen LogP contribution < -0.4 is 15.0 Å². The first-order valence-electron chi connectivity index (χ1n) is 8.44. The monoisotopic (exact) mass is 326 g/mol. The summed E-state index contributed by atoms with van der Waals surface area (Å²) in [6, 6.07) is 15.6. The van der Waals surface area contributed by atoms with Crippen LogP contribution >= 0.6 is 0 Å². The number of nitrogens with zero attached hydrogens (tertiary/aromatic N) is 1. The second kappa shape index (κ2) is 8.96. The van der Waals surface area contributed by atoms with Gasteiger partial charge in [-0.05, 0) is 56.2 Å². The van der Waals surface area contributed by atoms with Gasteiger partial charge in [-0.2, -0.15) is 0 Å². The zero-order valence-corrected chi connectivity index (χ0v) is 14.7. The van der Waals surface area contributed by atoms with Gasteiger partial charge in [0.15, 0.2) is 0 Å². The maximum Gasteiger partial charge on any atom is 0.251 e. The first-order chi connectivity index (χ1) is 11.7. The Bertz CT molecular complexity index is 649. The number of ether oxygens (including phenoxy) is 1. The lowest BCUT2D eigenvalue weighted by atomic mass is 10.1. The smallest absolute Gasteiger partial charge is 0.251 e. The highest BCUT2D eigenvalue weighted by molar-refractivity contribution is 5.94. The van der Waals surface area contributed by atoms with Crippen LogP contribution in [0.1, 0.15) is 29.8 Å². The molecule has 0 unspecified atom stereocenters. The van der Waals surface area contributed by atoms with Crippen LogP contribution in [-0.2, 0) is 6.42 Å². The van der Waals surface area contributed by atoms with Crippen molar-refractivity contribution < 1.29 is 9.53 Å². The molecule has 0 atom stereocenters. The molecule has 1 amide bonds. The minimum atomic E-state index is -0.0454. The van der Waals surface area contributed by atoms with Gasteiger partial charge in [0.2, 0.25) is 0 Å². The van der Waals surface area contributed by atoms with E-state index in [0.29, 0.717) is 12.1 Å². The minimum absolute atomic E-state index is 0.0454. The first kappa shape index (κ1) is 17.9. The Balaban J connectivity index is 1.90. The second-order valence-electron chi connectivity index (χ2n) is 5.54. The predicted molar refractivity (Wildman–Crippen MR) is 99.0 cm³/mol. The Hall–Kier alpha value is -2.49. The number of nitrogens with one attached hydrogen (secondary N) is 1. The number of para-hydroxylation sites is 1. The molecule has 0 aromatic heterocycles. The van der Waals surface area contributed by atoms with Gasteiger partial charge in [0.25, 0.3) is 5.91 Å². The maximum absolute atomic E-state index is 12.3. The van der Waals surface area contributed by atoms with Crippen molar-refractivity contribution in [1.29, 1.82) is 0 Å². The van der Waals surface area contributed by atoms with Crippen LogP contribution in [0.4, 0.5) is 5.69 Å². The molecule has 0 aliphatic rings. The average Bonchev–Trinajstić information content (AvgIpc) is 2.63. The molecule has 2 aromatic rings. The normalized spacial score (nSPS) is 10.3. The number of hydrogen-bond donors (Lipinski definition) is 1. The van der Waals surface area contributed by atoms with E-state index in [9.17, 15) is 4.79 Å². The fourth-order valence-electron chi connectivity index (χ4n) is 2.73. The standard InChI is InChI=1S/C20H26N2O2/c1-4-22(5-2)18-12-10-17(11-13-18)20(23)21-15-14-16-8-6-7-9-19(16)24-3/h6-13H,4-5,14-15H2,1-3H3,(H,21,23). The summed E-state index contributed by atoms with van der Waals surface area (Å²) in [7, 11) is 1.66. The molecule has 128 valence electrons. The molecule has 24 heavy (non-hydrogen) atoms. The molecule has 0 fully saturated rings. The molecule has 0 aliphatic carbocycles. The number of amides is 1. The Labute approximate surface area is 144 Å². The third kappa shape index (κ3) is 4.51. The van der Waals surface area contributed by atoms with Crippen LogP contribution in [0.2, 0.25) is 0 Å². The van der Waals surface area contributed by atoms with Crippen molar-refractivity contribution in [3.8, 4) is 5.75 Å². The molecule has 4 heteroatoms. The van der Waals surface area contributed by atoms with E-state index in [0.717, 1.165) is 36.5 Å². The van der Waals surface area contributed by atoms with E-state index in [1.807, 2.05) is 48.5 Å². The Kier molecular flexibility index (Phi) is 6.67. The van der Waals surface area contributed by atoms with Gasteiger partial charge in [0.1, 0.15) is 5.75 Å². The summed E-state index contributed by atoms with van der Waals surface area (Å²) in [6.45, 7) is 6.75. The van der Waals surface area contributed by atoms with E-state index in [1.54, 1.807) is 7.11 Å². The Morgan fingerprint density at radius 2 is 1.71 bits per heavy atom. The van der Waals surface area contributed by atoms with Crippen molar-refractivity contribution in [1.82, 2.24) is 5.32 Å². The number of benzene rings is 2. The highest BCUT2D eigenvalue weighted by Gasteiger charge is 2.08. The van der Waals surface area contributed by atoms with Gasteiger partial charge in [0.05, 0.1) is 7.11 Å². The fourth-order valence-corrected chi connectivity index (χ4v) is 2.73. The molecule has 0 heterocycles. The highest BCUT2D eigenvalue weighted by atomic mass is 16.5. The summed E-state index contributed by atoms with van der Waals surface area (Å²) in [6.07, 6.45) is 0.743. The summed E-state index contributed by atoms with van der Waals surface area (Å²) in [4.78, 5) is 14.5. The molecule has 0 radical (unpaired) electrons. The molecular formula is C20H26N2O2. The van der Waals surface area contributed by atoms with Crippen molar-refractivity contribution in [2.24, 2.45) is 0 Å². The molecule has 0 aliphatic heterocycles. The molecule has 4 nitrogen and oxygen atoms in total. The fraction of sp³-hybridized carbons (Fsp3) is 0.350. The van der Waals surface area contributed by atoms with Gasteiger partial charge in [-0.25, -0.2) is 0 Å². The van der Waals surface area contributed by atoms with Gasteiger partial charge in [-0.3, -0.25) is 4.79 Å². The molecule has 0 saturated carbocycles. The highest BCUT2D eigenvalue weighted by Crippen LogP contribution is 2.17. The molecule has 1 N–H and O–H groups in total. The lowest BCUT2D eigenvalue weighted by Gasteiger charge is -2.21. The Morgan fingerprint density at radius 1 is 1.04 bits per heavy atom. The van der Waals surface area contributed by atoms with Crippen molar-refractivity contribution in [3.05, 3.63) is 59.7 Å². The zero-order chi connectivity index (χ0) is 17.4. The topological polar surface area (TPSA) is 41.6 Å². The average molecular weight is 326 g/mol. The van der Waals surface area contributed by atoms with Gasteiger partial charge >= 0.3 is 0 Å². The quantitative estimate of drug-likeness (QED) is 0.807. The van der Waals surface area contributed by atoms with Gasteiger partial charge in [0, 0.05) is 30.9 Å². The first-order valence-corrected chi connectivity index (χ1v) is 8.44. The summed E-state index contributed by atoms with van der Waals surface area (Å²) >= 11 is 0. The number of rotatable bonds is 8. The summed E-state index contributed by atoms with van der Waals surface area (Å²) in [5.74, 6) is 0.811. The van der Waals surface area contributed by atoms with Crippen LogP contribution in [0.15, 0.2) is 48.5 Å². The third-order valence-electron chi connectivity index (χ3n) is 4.13. The molecule has 2 aromatic carbocycles. The van der Waals surface area contributed by atoms with Gasteiger partial charge < -0.3 is 15.0 Å².